The Morgan fingerprint density at radius 1 is 1.38 bits per heavy atom. The first-order valence-corrected chi connectivity index (χ1v) is 5.30. The standard InChI is InChI=1S/C13H19NO2/c1-13(2,3)11(14)9-6-5-7-10(8-9)12(15)16-4/h5-8,11H,14H2,1-4H3. The van der Waals surface area contributed by atoms with Crippen LogP contribution in [0.5, 0.6) is 0 Å². The van der Waals surface area contributed by atoms with E-state index in [1.807, 2.05) is 12.1 Å². The summed E-state index contributed by atoms with van der Waals surface area (Å²) in [5.41, 5.74) is 7.59. The van der Waals surface area contributed by atoms with Gasteiger partial charge >= 0.3 is 5.97 Å². The zero-order chi connectivity index (χ0) is 12.3. The van der Waals surface area contributed by atoms with Gasteiger partial charge in [0, 0.05) is 6.04 Å². The minimum atomic E-state index is -0.331. The van der Waals surface area contributed by atoms with Crippen molar-refractivity contribution in [1.82, 2.24) is 0 Å². The SMILES string of the molecule is COC(=O)c1cccc(C(N)C(C)(C)C)c1. The normalized spacial score (nSPS) is 13.3. The summed E-state index contributed by atoms with van der Waals surface area (Å²) >= 11 is 0. The maximum atomic E-state index is 11.4. The van der Waals surface area contributed by atoms with Crippen LogP contribution in [-0.2, 0) is 4.74 Å². The number of methoxy groups -OCH3 is 1. The molecule has 1 aromatic rings. The second-order valence-electron chi connectivity index (χ2n) is 4.96. The molecule has 1 atom stereocenters. The van der Waals surface area contributed by atoms with Gasteiger partial charge in [-0.05, 0) is 23.1 Å². The highest BCUT2D eigenvalue weighted by Gasteiger charge is 2.22. The highest BCUT2D eigenvalue weighted by atomic mass is 16.5. The Bertz CT molecular complexity index is 380. The first-order chi connectivity index (χ1) is 7.36. The Labute approximate surface area is 96.6 Å². The van der Waals surface area contributed by atoms with E-state index in [1.54, 1.807) is 12.1 Å². The maximum absolute atomic E-state index is 11.4. The molecule has 0 bridgehead atoms. The Hall–Kier alpha value is -1.35. The molecule has 0 aliphatic heterocycles. The van der Waals surface area contributed by atoms with Gasteiger partial charge in [-0.15, -0.1) is 0 Å². The predicted molar refractivity (Wildman–Crippen MR) is 64.2 cm³/mol. The summed E-state index contributed by atoms with van der Waals surface area (Å²) in [6, 6.07) is 7.18. The molecule has 2 N–H and O–H groups in total. The summed E-state index contributed by atoms with van der Waals surface area (Å²) in [6.45, 7) is 6.22. The van der Waals surface area contributed by atoms with Crippen molar-refractivity contribution in [2.75, 3.05) is 7.11 Å². The van der Waals surface area contributed by atoms with Crippen molar-refractivity contribution >= 4 is 5.97 Å². The van der Waals surface area contributed by atoms with Gasteiger partial charge in [-0.25, -0.2) is 4.79 Å². The number of nitrogens with two attached hydrogens (primary N) is 1. The minimum absolute atomic E-state index is 0.0330. The van der Waals surface area contributed by atoms with Crippen LogP contribution >= 0.6 is 0 Å². The van der Waals surface area contributed by atoms with E-state index in [0.29, 0.717) is 5.56 Å². The third-order valence-electron chi connectivity index (χ3n) is 2.60. The number of ether oxygens (including phenoxy) is 1. The lowest BCUT2D eigenvalue weighted by atomic mass is 9.83. The van der Waals surface area contributed by atoms with Crippen LogP contribution in [0.25, 0.3) is 0 Å². The molecular weight excluding hydrogens is 202 g/mol. The van der Waals surface area contributed by atoms with Crippen molar-refractivity contribution in [1.29, 1.82) is 0 Å². The number of carbonyl (C=O) groups is 1. The van der Waals surface area contributed by atoms with E-state index in [2.05, 4.69) is 25.5 Å². The molecule has 0 aliphatic carbocycles. The van der Waals surface area contributed by atoms with E-state index in [-0.39, 0.29) is 17.4 Å². The molecule has 1 rings (SSSR count). The number of benzene rings is 1. The first-order valence-electron chi connectivity index (χ1n) is 5.30. The van der Waals surface area contributed by atoms with Crippen LogP contribution in [0.1, 0.15) is 42.7 Å². The number of rotatable bonds is 2. The summed E-state index contributed by atoms with van der Waals surface area (Å²) in [4.78, 5) is 11.4. The molecule has 0 aromatic heterocycles. The fourth-order valence-electron chi connectivity index (χ4n) is 1.48. The zero-order valence-corrected chi connectivity index (χ0v) is 10.3. The third-order valence-corrected chi connectivity index (χ3v) is 2.60. The zero-order valence-electron chi connectivity index (χ0n) is 10.3. The molecule has 88 valence electrons. The third kappa shape index (κ3) is 2.83. The largest absolute Gasteiger partial charge is 0.465 e. The molecular formula is C13H19NO2. The lowest BCUT2D eigenvalue weighted by Gasteiger charge is -2.27. The highest BCUT2D eigenvalue weighted by Crippen LogP contribution is 2.30. The number of carbonyl (C=O) groups excluding carboxylic acids is 1. The van der Waals surface area contributed by atoms with Gasteiger partial charge < -0.3 is 10.5 Å². The van der Waals surface area contributed by atoms with Crippen molar-refractivity contribution < 1.29 is 9.53 Å². The van der Waals surface area contributed by atoms with Crippen LogP contribution in [0.2, 0.25) is 0 Å². The summed E-state index contributed by atoms with van der Waals surface area (Å²) < 4.78 is 4.68. The smallest absolute Gasteiger partial charge is 0.337 e. The van der Waals surface area contributed by atoms with Crippen LogP contribution < -0.4 is 5.73 Å². The Morgan fingerprint density at radius 2 is 2.00 bits per heavy atom. The van der Waals surface area contributed by atoms with Crippen LogP contribution in [0.15, 0.2) is 24.3 Å². The number of hydrogen-bond acceptors (Lipinski definition) is 3. The highest BCUT2D eigenvalue weighted by molar-refractivity contribution is 5.89. The van der Waals surface area contributed by atoms with Crippen molar-refractivity contribution in [3.63, 3.8) is 0 Å². The van der Waals surface area contributed by atoms with E-state index in [9.17, 15) is 4.79 Å². The topological polar surface area (TPSA) is 52.3 Å². The molecule has 0 saturated carbocycles. The second kappa shape index (κ2) is 4.66. The molecule has 16 heavy (non-hydrogen) atoms. The van der Waals surface area contributed by atoms with E-state index in [1.165, 1.54) is 7.11 Å². The van der Waals surface area contributed by atoms with Gasteiger partial charge in [-0.1, -0.05) is 32.9 Å². The molecule has 0 amide bonds. The molecule has 1 aromatic carbocycles. The Kier molecular flexibility index (Phi) is 3.70. The Morgan fingerprint density at radius 3 is 2.50 bits per heavy atom. The molecule has 3 heteroatoms. The molecule has 0 aliphatic rings. The average Bonchev–Trinajstić information content (AvgIpc) is 2.26. The van der Waals surface area contributed by atoms with Crippen LogP contribution in [0.4, 0.5) is 0 Å². The maximum Gasteiger partial charge on any atom is 0.337 e. The molecule has 1 unspecified atom stereocenters. The van der Waals surface area contributed by atoms with Gasteiger partial charge in [0.05, 0.1) is 12.7 Å². The summed E-state index contributed by atoms with van der Waals surface area (Å²) in [6.07, 6.45) is 0. The number of esters is 1. The summed E-state index contributed by atoms with van der Waals surface area (Å²) in [5.74, 6) is -0.331. The molecule has 3 nitrogen and oxygen atoms in total. The summed E-state index contributed by atoms with van der Waals surface area (Å²) in [5, 5.41) is 0. The second-order valence-corrected chi connectivity index (χ2v) is 4.96. The minimum Gasteiger partial charge on any atom is -0.465 e. The van der Waals surface area contributed by atoms with Crippen molar-refractivity contribution in [2.45, 2.75) is 26.8 Å². The van der Waals surface area contributed by atoms with E-state index < -0.39 is 0 Å². The first kappa shape index (κ1) is 12.7. The van der Waals surface area contributed by atoms with Gasteiger partial charge in [-0.2, -0.15) is 0 Å². The molecule has 0 fully saturated rings. The van der Waals surface area contributed by atoms with E-state index >= 15 is 0 Å². The molecule has 0 heterocycles. The van der Waals surface area contributed by atoms with Gasteiger partial charge in [-0.3, -0.25) is 0 Å². The molecule has 0 spiro atoms. The number of hydrogen-bond donors (Lipinski definition) is 1. The fraction of sp³-hybridized carbons (Fsp3) is 0.462. The average molecular weight is 221 g/mol. The van der Waals surface area contributed by atoms with Crippen molar-refractivity contribution in [2.24, 2.45) is 11.1 Å². The lowest BCUT2D eigenvalue weighted by Crippen LogP contribution is -2.26. The van der Waals surface area contributed by atoms with Gasteiger partial charge in [0.15, 0.2) is 0 Å². The fourth-order valence-corrected chi connectivity index (χ4v) is 1.48. The lowest BCUT2D eigenvalue weighted by molar-refractivity contribution is 0.0600. The van der Waals surface area contributed by atoms with Crippen LogP contribution in [0, 0.1) is 5.41 Å². The van der Waals surface area contributed by atoms with Crippen LogP contribution in [-0.4, -0.2) is 13.1 Å². The van der Waals surface area contributed by atoms with Gasteiger partial charge in [0.25, 0.3) is 0 Å². The van der Waals surface area contributed by atoms with Crippen molar-refractivity contribution in [3.8, 4) is 0 Å². The van der Waals surface area contributed by atoms with Crippen molar-refractivity contribution in [3.05, 3.63) is 35.4 Å². The van der Waals surface area contributed by atoms with Gasteiger partial charge in [0.2, 0.25) is 0 Å². The predicted octanol–water partition coefficient (Wildman–Crippen LogP) is 2.52. The van der Waals surface area contributed by atoms with Crippen LogP contribution in [0.3, 0.4) is 0 Å². The van der Waals surface area contributed by atoms with E-state index in [4.69, 9.17) is 5.73 Å². The summed E-state index contributed by atoms with van der Waals surface area (Å²) in [7, 11) is 1.37. The molecule has 0 saturated heterocycles. The van der Waals surface area contributed by atoms with Gasteiger partial charge in [0.1, 0.15) is 0 Å². The Balaban J connectivity index is 3.03. The molecule has 0 radical (unpaired) electrons. The van der Waals surface area contributed by atoms with E-state index in [0.717, 1.165) is 5.56 Å². The monoisotopic (exact) mass is 221 g/mol. The quantitative estimate of drug-likeness (QED) is 0.781.